The number of rotatable bonds is 2. The Bertz CT molecular complexity index is 825. The highest BCUT2D eigenvalue weighted by Crippen LogP contribution is 2.34. The van der Waals surface area contributed by atoms with Crippen molar-refractivity contribution in [3.63, 3.8) is 0 Å². The van der Waals surface area contributed by atoms with Crippen LogP contribution in [0.2, 0.25) is 0 Å². The van der Waals surface area contributed by atoms with Crippen molar-refractivity contribution in [2.75, 3.05) is 5.73 Å². The molecule has 0 radical (unpaired) electrons. The van der Waals surface area contributed by atoms with Crippen molar-refractivity contribution in [1.82, 2.24) is 9.38 Å². The van der Waals surface area contributed by atoms with Gasteiger partial charge in [0.15, 0.2) is 16.5 Å². The molecule has 0 saturated carbocycles. The van der Waals surface area contributed by atoms with Crippen molar-refractivity contribution in [2.24, 2.45) is 0 Å². The average molecular weight is 271 g/mol. The minimum Gasteiger partial charge on any atom is -0.463 e. The standard InChI is InChI=1S/C13H9N3O2S/c14-12-11(10-4-2-6-18-10)15-13-16(12)8(7-19-13)9-3-1-5-17-9/h1-7H,14H2. The fourth-order valence-electron chi connectivity index (χ4n) is 2.07. The van der Waals surface area contributed by atoms with Gasteiger partial charge in [0.1, 0.15) is 17.2 Å². The SMILES string of the molecule is Nc1c(-c2ccco2)nc2scc(-c3ccco3)n12. The lowest BCUT2D eigenvalue weighted by Gasteiger charge is -1.98. The molecule has 0 amide bonds. The predicted molar refractivity (Wildman–Crippen MR) is 72.9 cm³/mol. The summed E-state index contributed by atoms with van der Waals surface area (Å²) < 4.78 is 12.7. The molecule has 0 atom stereocenters. The first-order valence-electron chi connectivity index (χ1n) is 5.68. The number of anilines is 1. The first-order chi connectivity index (χ1) is 9.34. The van der Waals surface area contributed by atoms with Crippen LogP contribution < -0.4 is 5.73 Å². The van der Waals surface area contributed by atoms with Crippen LogP contribution in [0, 0.1) is 0 Å². The Labute approximate surface area is 111 Å². The van der Waals surface area contributed by atoms with Gasteiger partial charge in [-0.1, -0.05) is 0 Å². The normalized spacial score (nSPS) is 11.4. The molecular formula is C13H9N3O2S. The molecule has 4 heterocycles. The van der Waals surface area contributed by atoms with Gasteiger partial charge in [0.2, 0.25) is 0 Å². The van der Waals surface area contributed by atoms with E-state index in [1.54, 1.807) is 12.5 Å². The van der Waals surface area contributed by atoms with Crippen LogP contribution in [0.4, 0.5) is 5.82 Å². The second-order valence-electron chi connectivity index (χ2n) is 4.04. The number of hydrogen-bond donors (Lipinski definition) is 1. The molecule has 0 aliphatic carbocycles. The molecule has 0 bridgehead atoms. The third kappa shape index (κ3) is 1.43. The number of fused-ring (bicyclic) bond motifs is 1. The van der Waals surface area contributed by atoms with E-state index in [0.717, 1.165) is 16.4 Å². The minimum atomic E-state index is 0.553. The van der Waals surface area contributed by atoms with E-state index < -0.39 is 0 Å². The number of thiazole rings is 1. The van der Waals surface area contributed by atoms with Crippen LogP contribution >= 0.6 is 11.3 Å². The lowest BCUT2D eigenvalue weighted by atomic mass is 10.3. The Morgan fingerprint density at radius 2 is 1.84 bits per heavy atom. The van der Waals surface area contributed by atoms with Crippen molar-refractivity contribution in [3.8, 4) is 22.9 Å². The van der Waals surface area contributed by atoms with Gasteiger partial charge in [0.05, 0.1) is 12.5 Å². The molecule has 2 N–H and O–H groups in total. The van der Waals surface area contributed by atoms with Crippen LogP contribution in [0.5, 0.6) is 0 Å². The zero-order valence-electron chi connectivity index (χ0n) is 9.74. The summed E-state index contributed by atoms with van der Waals surface area (Å²) in [5, 5.41) is 1.98. The van der Waals surface area contributed by atoms with Gasteiger partial charge in [-0.05, 0) is 24.3 Å². The maximum absolute atomic E-state index is 6.19. The molecule has 4 rings (SSSR count). The Kier molecular flexibility index (Phi) is 2.07. The van der Waals surface area contributed by atoms with Crippen molar-refractivity contribution >= 4 is 22.1 Å². The third-order valence-electron chi connectivity index (χ3n) is 2.93. The fourth-order valence-corrected chi connectivity index (χ4v) is 2.96. The molecule has 94 valence electrons. The number of furan rings is 2. The van der Waals surface area contributed by atoms with Gasteiger partial charge in [0.25, 0.3) is 0 Å². The van der Waals surface area contributed by atoms with E-state index in [1.807, 2.05) is 34.0 Å². The highest BCUT2D eigenvalue weighted by molar-refractivity contribution is 7.15. The van der Waals surface area contributed by atoms with E-state index in [9.17, 15) is 0 Å². The van der Waals surface area contributed by atoms with E-state index in [0.29, 0.717) is 17.3 Å². The minimum absolute atomic E-state index is 0.553. The summed E-state index contributed by atoms with van der Waals surface area (Å²) >= 11 is 1.51. The van der Waals surface area contributed by atoms with Crippen LogP contribution in [0.3, 0.4) is 0 Å². The zero-order chi connectivity index (χ0) is 12.8. The van der Waals surface area contributed by atoms with Gasteiger partial charge in [-0.2, -0.15) is 0 Å². The summed E-state index contributed by atoms with van der Waals surface area (Å²) in [7, 11) is 0. The first-order valence-corrected chi connectivity index (χ1v) is 6.56. The fraction of sp³-hybridized carbons (Fsp3) is 0. The third-order valence-corrected chi connectivity index (χ3v) is 3.75. The predicted octanol–water partition coefficient (Wildman–Crippen LogP) is 3.50. The molecule has 19 heavy (non-hydrogen) atoms. The second-order valence-corrected chi connectivity index (χ2v) is 4.88. The summed E-state index contributed by atoms with van der Waals surface area (Å²) in [5.74, 6) is 1.98. The van der Waals surface area contributed by atoms with Crippen molar-refractivity contribution < 1.29 is 8.83 Å². The molecule has 0 aromatic carbocycles. The van der Waals surface area contributed by atoms with Crippen molar-refractivity contribution in [3.05, 3.63) is 42.2 Å². The van der Waals surface area contributed by atoms with Crippen LogP contribution in [-0.4, -0.2) is 9.38 Å². The highest BCUT2D eigenvalue weighted by Gasteiger charge is 2.18. The molecule has 6 heteroatoms. The summed E-state index contributed by atoms with van der Waals surface area (Å²) in [6, 6.07) is 7.40. The smallest absolute Gasteiger partial charge is 0.196 e. The van der Waals surface area contributed by atoms with Gasteiger partial charge in [-0.3, -0.25) is 4.40 Å². The van der Waals surface area contributed by atoms with Gasteiger partial charge in [0, 0.05) is 5.38 Å². The van der Waals surface area contributed by atoms with E-state index in [4.69, 9.17) is 14.6 Å². The average Bonchev–Trinajstić information content (AvgIpc) is 3.15. The monoisotopic (exact) mass is 271 g/mol. The number of nitrogens with two attached hydrogens (primary N) is 1. The molecule has 0 unspecified atom stereocenters. The van der Waals surface area contributed by atoms with Crippen molar-refractivity contribution in [1.29, 1.82) is 0 Å². The number of aromatic nitrogens is 2. The highest BCUT2D eigenvalue weighted by atomic mass is 32.1. The Hall–Kier alpha value is -2.47. The lowest BCUT2D eigenvalue weighted by molar-refractivity contribution is 0.579. The number of imidazole rings is 1. The number of nitrogen functional groups attached to an aromatic ring is 1. The number of hydrogen-bond acceptors (Lipinski definition) is 5. The topological polar surface area (TPSA) is 69.6 Å². The van der Waals surface area contributed by atoms with E-state index in [-0.39, 0.29) is 0 Å². The van der Waals surface area contributed by atoms with E-state index >= 15 is 0 Å². The Morgan fingerprint density at radius 1 is 1.11 bits per heavy atom. The molecule has 0 aliphatic rings. The summed E-state index contributed by atoms with van der Waals surface area (Å²) in [6.45, 7) is 0. The van der Waals surface area contributed by atoms with Crippen LogP contribution in [0.25, 0.3) is 27.9 Å². The maximum atomic E-state index is 6.19. The van der Waals surface area contributed by atoms with Gasteiger partial charge >= 0.3 is 0 Å². The van der Waals surface area contributed by atoms with Crippen LogP contribution in [0.15, 0.2) is 51.0 Å². The molecule has 4 aromatic rings. The van der Waals surface area contributed by atoms with E-state index in [1.165, 1.54) is 11.3 Å². The Balaban J connectivity index is 1.99. The maximum Gasteiger partial charge on any atom is 0.196 e. The molecule has 0 aliphatic heterocycles. The molecule has 0 spiro atoms. The molecule has 5 nitrogen and oxygen atoms in total. The van der Waals surface area contributed by atoms with Crippen molar-refractivity contribution in [2.45, 2.75) is 0 Å². The van der Waals surface area contributed by atoms with Gasteiger partial charge in [-0.25, -0.2) is 4.98 Å². The summed E-state index contributed by atoms with van der Waals surface area (Å²) in [5.41, 5.74) is 7.74. The summed E-state index contributed by atoms with van der Waals surface area (Å²) in [6.07, 6.45) is 3.25. The second kappa shape index (κ2) is 3.76. The largest absolute Gasteiger partial charge is 0.463 e. The zero-order valence-corrected chi connectivity index (χ0v) is 10.6. The Morgan fingerprint density at radius 3 is 2.53 bits per heavy atom. The molecular weight excluding hydrogens is 262 g/mol. The lowest BCUT2D eigenvalue weighted by Crippen LogP contribution is -1.94. The number of nitrogens with zero attached hydrogens (tertiary/aromatic N) is 2. The first kappa shape index (κ1) is 10.5. The van der Waals surface area contributed by atoms with Crippen LogP contribution in [0.1, 0.15) is 0 Å². The molecule has 0 saturated heterocycles. The van der Waals surface area contributed by atoms with Gasteiger partial charge < -0.3 is 14.6 Å². The quantitative estimate of drug-likeness (QED) is 0.605. The van der Waals surface area contributed by atoms with Crippen LogP contribution in [-0.2, 0) is 0 Å². The molecule has 4 aromatic heterocycles. The van der Waals surface area contributed by atoms with Gasteiger partial charge in [-0.15, -0.1) is 11.3 Å². The summed E-state index contributed by atoms with van der Waals surface area (Å²) in [4.78, 5) is 5.32. The van der Waals surface area contributed by atoms with E-state index in [2.05, 4.69) is 4.98 Å². The molecule has 0 fully saturated rings.